The summed E-state index contributed by atoms with van der Waals surface area (Å²) >= 11 is 0. The van der Waals surface area contributed by atoms with Crippen LogP contribution in [-0.4, -0.2) is 19.5 Å². The molecule has 0 fully saturated rings. The molecule has 0 aliphatic carbocycles. The zero-order valence-electron chi connectivity index (χ0n) is 9.69. The molecule has 1 aliphatic heterocycles. The Labute approximate surface area is 99.2 Å². The second kappa shape index (κ2) is 6.69. The Hall–Kier alpha value is 0.257. The Morgan fingerprint density at radius 1 is 1.50 bits per heavy atom. The predicted octanol–water partition coefficient (Wildman–Crippen LogP) is -0.586. The molecule has 0 saturated heterocycles. The number of rotatable bonds is 3. The van der Waals surface area contributed by atoms with Crippen LogP contribution in [-0.2, 0) is 9.47 Å². The minimum absolute atomic E-state index is 0. The van der Waals surface area contributed by atoms with E-state index in [0.717, 1.165) is 6.42 Å². The largest absolute Gasteiger partial charge is 1.00 e. The van der Waals surface area contributed by atoms with Crippen molar-refractivity contribution < 1.29 is 28.3 Å². The molecule has 4 atom stereocenters. The summed E-state index contributed by atoms with van der Waals surface area (Å²) < 4.78 is 10.9. The fourth-order valence-electron chi connectivity index (χ4n) is 1.65. The van der Waals surface area contributed by atoms with E-state index in [2.05, 4.69) is 26.8 Å². The number of hydrogen-bond donors (Lipinski definition) is 0. The van der Waals surface area contributed by atoms with Gasteiger partial charge >= 0.3 is 18.9 Å². The predicted molar refractivity (Wildman–Crippen MR) is 53.1 cm³/mol. The van der Waals surface area contributed by atoms with Crippen molar-refractivity contribution in [3.63, 3.8) is 0 Å². The quantitative estimate of drug-likeness (QED) is 0.336. The topological polar surface area (TPSA) is 18.5 Å². The molecule has 0 aromatic rings. The van der Waals surface area contributed by atoms with Crippen LogP contribution in [0.4, 0.5) is 0 Å². The summed E-state index contributed by atoms with van der Waals surface area (Å²) in [6.07, 6.45) is 5.10. The molecule has 0 amide bonds. The van der Waals surface area contributed by atoms with Crippen LogP contribution in [0, 0.1) is 18.8 Å². The minimum Gasteiger partial charge on any atom is -0.352 e. The maximum Gasteiger partial charge on any atom is 1.00 e. The summed E-state index contributed by atoms with van der Waals surface area (Å²) in [5, 5.41) is 0. The first-order valence-corrected chi connectivity index (χ1v) is 4.84. The molecule has 0 N–H and O–H groups in total. The van der Waals surface area contributed by atoms with Gasteiger partial charge in [-0.05, 0) is 12.0 Å². The van der Waals surface area contributed by atoms with Gasteiger partial charge in [-0.25, -0.2) is 0 Å². The van der Waals surface area contributed by atoms with E-state index in [1.165, 1.54) is 0 Å². The van der Waals surface area contributed by atoms with Crippen LogP contribution < -0.4 is 18.9 Å². The van der Waals surface area contributed by atoms with E-state index < -0.39 is 0 Å². The van der Waals surface area contributed by atoms with Crippen LogP contribution in [0.1, 0.15) is 20.3 Å². The van der Waals surface area contributed by atoms with Crippen LogP contribution in [0.3, 0.4) is 0 Å². The molecule has 1 rings (SSSR count). The van der Waals surface area contributed by atoms with Crippen molar-refractivity contribution in [2.45, 2.75) is 32.7 Å². The van der Waals surface area contributed by atoms with Crippen LogP contribution in [0.2, 0.25) is 0 Å². The molecule has 1 heterocycles. The van der Waals surface area contributed by atoms with Crippen molar-refractivity contribution in [2.24, 2.45) is 11.8 Å². The molecular formula is C11H19LiO2. The molecular weight excluding hydrogens is 171 g/mol. The van der Waals surface area contributed by atoms with Crippen LogP contribution in [0.25, 0.3) is 0 Å². The summed E-state index contributed by atoms with van der Waals surface area (Å²) in [6.45, 7) is 8.23. The molecule has 14 heavy (non-hydrogen) atoms. The van der Waals surface area contributed by atoms with E-state index >= 15 is 0 Å². The van der Waals surface area contributed by atoms with Gasteiger partial charge in [0.1, 0.15) is 0 Å². The van der Waals surface area contributed by atoms with E-state index in [9.17, 15) is 0 Å². The maximum absolute atomic E-state index is 5.75. The molecule has 76 valence electrons. The molecule has 0 unspecified atom stereocenters. The van der Waals surface area contributed by atoms with Crippen LogP contribution in [0.5, 0.6) is 0 Å². The minimum atomic E-state index is -0.171. The second-order valence-corrected chi connectivity index (χ2v) is 3.71. The summed E-state index contributed by atoms with van der Waals surface area (Å²) in [4.78, 5) is 0. The van der Waals surface area contributed by atoms with Gasteiger partial charge in [0.05, 0.1) is 6.10 Å². The first kappa shape index (κ1) is 14.3. The number of ether oxygens (including phenoxy) is 2. The Balaban J connectivity index is 0.00000169. The van der Waals surface area contributed by atoms with Crippen molar-refractivity contribution in [3.8, 4) is 0 Å². The average molecular weight is 190 g/mol. The van der Waals surface area contributed by atoms with Gasteiger partial charge in [0.25, 0.3) is 0 Å². The van der Waals surface area contributed by atoms with Crippen molar-refractivity contribution in [3.05, 3.63) is 19.1 Å². The third-order valence-corrected chi connectivity index (χ3v) is 2.63. The summed E-state index contributed by atoms with van der Waals surface area (Å²) in [7, 11) is 1.66. The molecule has 3 heteroatoms. The van der Waals surface area contributed by atoms with Crippen molar-refractivity contribution >= 4 is 0 Å². The van der Waals surface area contributed by atoms with Gasteiger partial charge in [-0.2, -0.15) is 6.42 Å². The molecule has 2 nitrogen and oxygen atoms in total. The van der Waals surface area contributed by atoms with Gasteiger partial charge in [0.2, 0.25) is 0 Å². The van der Waals surface area contributed by atoms with Gasteiger partial charge < -0.3 is 16.4 Å². The summed E-state index contributed by atoms with van der Waals surface area (Å²) in [6, 6.07) is 0. The van der Waals surface area contributed by atoms with Crippen molar-refractivity contribution in [1.29, 1.82) is 0 Å². The molecule has 0 aromatic heterocycles. The molecule has 1 aliphatic rings. The van der Waals surface area contributed by atoms with Crippen molar-refractivity contribution in [1.82, 2.24) is 0 Å². The standard InChI is InChI=1S/C11H19O2.Li/c1-5-8(2)11-9(3)6-7-10(12-4)13-11;/h6-11H,1,5H2,2-4H3;/q-1;+1/t8-,9-,10+,11-;/m0./s1. The smallest absolute Gasteiger partial charge is 0.352 e. The van der Waals surface area contributed by atoms with E-state index in [0.29, 0.717) is 11.8 Å². The normalized spacial score (nSPS) is 33.6. The Morgan fingerprint density at radius 2 is 2.14 bits per heavy atom. The fourth-order valence-corrected chi connectivity index (χ4v) is 1.65. The van der Waals surface area contributed by atoms with Gasteiger partial charge in [-0.3, -0.25) is 0 Å². The van der Waals surface area contributed by atoms with E-state index in [4.69, 9.17) is 9.47 Å². The molecule has 0 saturated carbocycles. The summed E-state index contributed by atoms with van der Waals surface area (Å²) in [5.41, 5.74) is 0. The van der Waals surface area contributed by atoms with E-state index in [1.807, 2.05) is 6.08 Å². The first-order chi connectivity index (χ1) is 6.19. The molecule has 0 bridgehead atoms. The first-order valence-electron chi connectivity index (χ1n) is 4.84. The molecule has 0 radical (unpaired) electrons. The third kappa shape index (κ3) is 3.44. The number of hydrogen-bond acceptors (Lipinski definition) is 2. The van der Waals surface area contributed by atoms with Gasteiger partial charge in [-0.15, -0.1) is 0 Å². The zero-order chi connectivity index (χ0) is 9.84. The van der Waals surface area contributed by atoms with Crippen LogP contribution in [0.15, 0.2) is 12.2 Å². The zero-order valence-corrected chi connectivity index (χ0v) is 9.69. The molecule has 0 spiro atoms. The fraction of sp³-hybridized carbons (Fsp3) is 0.727. The van der Waals surface area contributed by atoms with Crippen molar-refractivity contribution in [2.75, 3.05) is 7.11 Å². The number of methoxy groups -OCH3 is 1. The SMILES string of the molecule is [CH2-]C[C@H](C)[C@@H]1O[C@@H](OC)C=C[C@@H]1C.[Li+]. The monoisotopic (exact) mass is 190 g/mol. The Bertz CT molecular complexity index is 182. The summed E-state index contributed by atoms with van der Waals surface area (Å²) in [5.74, 6) is 0.945. The maximum atomic E-state index is 5.75. The average Bonchev–Trinajstić information content (AvgIpc) is 2.17. The third-order valence-electron chi connectivity index (χ3n) is 2.63. The van der Waals surface area contributed by atoms with Crippen LogP contribution >= 0.6 is 0 Å². The van der Waals surface area contributed by atoms with Gasteiger partial charge in [0.15, 0.2) is 6.29 Å². The Kier molecular flexibility index (Phi) is 6.81. The second-order valence-electron chi connectivity index (χ2n) is 3.71. The van der Waals surface area contributed by atoms with Gasteiger partial charge in [-0.1, -0.05) is 19.9 Å². The Morgan fingerprint density at radius 3 is 2.64 bits per heavy atom. The van der Waals surface area contributed by atoms with Gasteiger partial charge in [0, 0.05) is 13.0 Å². The van der Waals surface area contributed by atoms with E-state index in [1.54, 1.807) is 7.11 Å². The van der Waals surface area contributed by atoms with E-state index in [-0.39, 0.29) is 31.3 Å². The molecule has 0 aromatic carbocycles.